The second kappa shape index (κ2) is 17.1. The first kappa shape index (κ1) is 36.6. The average molecular weight is 1010 g/mol. The Morgan fingerprint density at radius 2 is 0.705 bits per heavy atom. The van der Waals surface area contributed by atoms with Gasteiger partial charge in [-0.05, 0) is 106 Å². The molecule has 4 heteroatoms. The third-order valence-electron chi connectivity index (χ3n) is 16.1. The molecule has 0 saturated carbocycles. The van der Waals surface area contributed by atoms with E-state index in [4.69, 9.17) is 8.22 Å². The molecule has 374 valence electrons. The number of para-hydroxylation sites is 4. The number of nitrogens with zero attached hydrogens (tertiary/aromatic N) is 4. The van der Waals surface area contributed by atoms with Gasteiger partial charge in [-0.1, -0.05) is 211 Å². The largest absolute Gasteiger partial charge is 0.309 e. The Labute approximate surface area is 469 Å². The fraction of sp³-hybridized carbons (Fsp3) is 0.108. The summed E-state index contributed by atoms with van der Waals surface area (Å²) in [4.78, 5) is 4.37. The fourth-order valence-electron chi connectivity index (χ4n) is 12.4. The van der Waals surface area contributed by atoms with Gasteiger partial charge >= 0.3 is 0 Å². The first-order valence-corrected chi connectivity index (χ1v) is 26.6. The topological polar surface area (TPSA) is 15.3 Å². The smallest absolute Gasteiger partial charge is 0.0641 e. The van der Waals surface area contributed by atoms with Crippen LogP contribution in [0.1, 0.15) is 66.4 Å². The van der Waals surface area contributed by atoms with Gasteiger partial charge in [-0.2, -0.15) is 0 Å². The number of aromatic nitrogens is 2. The van der Waals surface area contributed by atoms with E-state index in [1.807, 2.05) is 48.5 Å². The van der Waals surface area contributed by atoms with E-state index < -0.39 is 36.3 Å². The van der Waals surface area contributed by atoms with Crippen molar-refractivity contribution in [3.05, 3.63) is 254 Å². The maximum absolute atomic E-state index is 9.21. The Bertz CT molecular complexity index is 5030. The minimum absolute atomic E-state index is 0.124. The number of benzene rings is 11. The van der Waals surface area contributed by atoms with Crippen molar-refractivity contribution in [2.75, 3.05) is 9.80 Å². The van der Waals surface area contributed by atoms with Gasteiger partial charge in [0.15, 0.2) is 0 Å². The SMILES string of the molecule is [2H]c1c([2H])c([2H])c(-c2ccccc2N(c2ccc(C(C)(C)C)cc2)c2ccc3c4cc5c(cc4n4c6ccccc6c2c34)c2ccc(N(c3ccc(C(C)(C)C)cc3)c3ccccc3-c3c([2H])c([2H])c([2H])c([2H])c3[2H])c3c4ccccc4n5c23)c([2H])c1[2H]. The Balaban J connectivity index is 1.00. The molecule has 15 aromatic rings. The van der Waals surface area contributed by atoms with E-state index in [2.05, 4.69) is 194 Å². The van der Waals surface area contributed by atoms with Crippen LogP contribution in [-0.4, -0.2) is 8.80 Å². The Morgan fingerprint density at radius 3 is 1.10 bits per heavy atom. The van der Waals surface area contributed by atoms with Gasteiger partial charge < -0.3 is 18.6 Å². The molecule has 0 N–H and O–H groups in total. The normalized spacial score (nSPS) is 14.3. The van der Waals surface area contributed by atoms with Crippen LogP contribution in [0, 0.1) is 0 Å². The van der Waals surface area contributed by atoms with Gasteiger partial charge in [-0.15, -0.1) is 0 Å². The molecule has 4 nitrogen and oxygen atoms in total. The van der Waals surface area contributed by atoms with Crippen LogP contribution in [0.2, 0.25) is 0 Å². The molecule has 0 radical (unpaired) electrons. The fourth-order valence-corrected chi connectivity index (χ4v) is 12.4. The highest BCUT2D eigenvalue weighted by molar-refractivity contribution is 6.32. The molecule has 0 amide bonds. The third-order valence-corrected chi connectivity index (χ3v) is 16.1. The van der Waals surface area contributed by atoms with Gasteiger partial charge in [0.25, 0.3) is 0 Å². The predicted octanol–water partition coefficient (Wildman–Crippen LogP) is 20.9. The zero-order valence-electron chi connectivity index (χ0n) is 54.1. The van der Waals surface area contributed by atoms with Gasteiger partial charge in [0.05, 0.1) is 69.6 Å². The lowest BCUT2D eigenvalue weighted by Crippen LogP contribution is -2.14. The van der Waals surface area contributed by atoms with E-state index in [1.165, 1.54) is 0 Å². The molecule has 78 heavy (non-hydrogen) atoms. The van der Waals surface area contributed by atoms with E-state index in [9.17, 15) is 5.48 Å². The second-order valence-electron chi connectivity index (χ2n) is 22.6. The molecule has 15 rings (SSSR count). The molecule has 0 saturated heterocycles. The van der Waals surface area contributed by atoms with Crippen molar-refractivity contribution in [3.63, 3.8) is 0 Å². The molecule has 0 spiro atoms. The monoisotopic (exact) mass is 1010 g/mol. The van der Waals surface area contributed by atoms with E-state index in [0.29, 0.717) is 22.5 Å². The van der Waals surface area contributed by atoms with Crippen LogP contribution < -0.4 is 9.80 Å². The van der Waals surface area contributed by atoms with Crippen molar-refractivity contribution in [1.29, 1.82) is 0 Å². The minimum atomic E-state index is -0.443. The van der Waals surface area contributed by atoms with E-state index in [0.717, 1.165) is 110 Å². The summed E-state index contributed by atoms with van der Waals surface area (Å²) in [6, 6.07) is 59.1. The molecule has 0 aliphatic rings. The van der Waals surface area contributed by atoms with E-state index in [1.54, 1.807) is 0 Å². The molecule has 0 fully saturated rings. The maximum Gasteiger partial charge on any atom is 0.0641 e. The summed E-state index contributed by atoms with van der Waals surface area (Å²) < 4.78 is 93.5. The summed E-state index contributed by atoms with van der Waals surface area (Å²) in [5.74, 6) is 0. The standard InChI is InChI=1S/C74H58N4/c1-73(2,3)49-33-37-51(38-34-49)75(61-29-17-13-25-53(61)47-21-9-7-10-22-47)65-43-41-55-59-45-68-60(46-67(59)77-63-31-19-15-27-57(63)69(65)71(55)77)56-42-44-66(70-58-28-16-20-32-64(58)78(68)72(56)70)76(52-39-35-50(36-40-52)74(4,5)6)62-30-18-14-26-54(62)48-23-11-8-12-24-48/h7-46H,1-6H3/i7D,8D,9D,10D,11D,12D,21D,22D,23D,24D. The first-order chi connectivity index (χ1) is 42.1. The zero-order valence-corrected chi connectivity index (χ0v) is 44.1. The van der Waals surface area contributed by atoms with Crippen molar-refractivity contribution in [2.24, 2.45) is 0 Å². The zero-order chi connectivity index (χ0) is 61.3. The van der Waals surface area contributed by atoms with Gasteiger partial charge in [-0.3, -0.25) is 0 Å². The maximum atomic E-state index is 9.21. The molecule has 11 aromatic carbocycles. The lowest BCUT2D eigenvalue weighted by molar-refractivity contribution is 0.590. The van der Waals surface area contributed by atoms with Gasteiger partial charge in [0, 0.05) is 65.6 Å². The van der Waals surface area contributed by atoms with Crippen LogP contribution in [0.4, 0.5) is 34.1 Å². The number of anilines is 6. The quantitative estimate of drug-likeness (QED) is 0.151. The van der Waals surface area contributed by atoms with Crippen LogP contribution in [0.5, 0.6) is 0 Å². The van der Waals surface area contributed by atoms with Crippen LogP contribution in [0.25, 0.3) is 98.4 Å². The minimum Gasteiger partial charge on any atom is -0.309 e. The molecule has 4 heterocycles. The second-order valence-corrected chi connectivity index (χ2v) is 22.6. The van der Waals surface area contributed by atoms with Crippen LogP contribution in [0.3, 0.4) is 0 Å². The van der Waals surface area contributed by atoms with Crippen molar-refractivity contribution in [1.82, 2.24) is 8.80 Å². The molecule has 0 aliphatic carbocycles. The highest BCUT2D eigenvalue weighted by atomic mass is 15.2. The van der Waals surface area contributed by atoms with Crippen LogP contribution in [-0.2, 0) is 10.8 Å². The Morgan fingerprint density at radius 1 is 0.333 bits per heavy atom. The Hall–Kier alpha value is -9.38. The highest BCUT2D eigenvalue weighted by Crippen LogP contribution is 2.53. The molecule has 4 aromatic heterocycles. The van der Waals surface area contributed by atoms with Gasteiger partial charge in [-0.25, -0.2) is 0 Å². The first-order valence-electron chi connectivity index (χ1n) is 31.6. The number of rotatable bonds is 8. The number of fused-ring (bicyclic) bond motifs is 12. The van der Waals surface area contributed by atoms with Crippen molar-refractivity contribution < 1.29 is 13.7 Å². The van der Waals surface area contributed by atoms with E-state index >= 15 is 0 Å². The molecule has 0 aliphatic heterocycles. The van der Waals surface area contributed by atoms with E-state index in [-0.39, 0.29) is 46.1 Å². The van der Waals surface area contributed by atoms with Crippen molar-refractivity contribution in [3.8, 4) is 22.3 Å². The summed E-state index contributed by atoms with van der Waals surface area (Å²) in [5, 5.41) is 8.27. The molecular weight excluding hydrogens is 945 g/mol. The number of hydrogen-bond donors (Lipinski definition) is 0. The van der Waals surface area contributed by atoms with Crippen LogP contribution in [0.15, 0.2) is 242 Å². The third kappa shape index (κ3) is 6.85. The molecule has 0 atom stereocenters. The molecule has 0 bridgehead atoms. The lowest BCUT2D eigenvalue weighted by Gasteiger charge is -2.29. The summed E-state index contributed by atoms with van der Waals surface area (Å²) in [7, 11) is 0. The predicted molar refractivity (Wildman–Crippen MR) is 333 cm³/mol. The van der Waals surface area contributed by atoms with Crippen molar-refractivity contribution >= 4 is 110 Å². The van der Waals surface area contributed by atoms with Crippen LogP contribution >= 0.6 is 0 Å². The lowest BCUT2D eigenvalue weighted by atomic mass is 9.87. The molecular formula is C74H58N4. The summed E-state index contributed by atoms with van der Waals surface area (Å²) in [6.07, 6.45) is 0. The Kier molecular flexibility index (Phi) is 8.00. The van der Waals surface area contributed by atoms with Gasteiger partial charge in [0.1, 0.15) is 0 Å². The summed E-state index contributed by atoms with van der Waals surface area (Å²) in [5.41, 5.74) is 14.1. The summed E-state index contributed by atoms with van der Waals surface area (Å²) in [6.45, 7) is 13.1. The highest BCUT2D eigenvalue weighted by Gasteiger charge is 2.30. The van der Waals surface area contributed by atoms with Gasteiger partial charge in [0.2, 0.25) is 0 Å². The molecule has 0 unspecified atom stereocenters. The average Bonchev–Trinajstić information content (AvgIpc) is 1.52. The number of hydrogen-bond acceptors (Lipinski definition) is 2. The summed E-state index contributed by atoms with van der Waals surface area (Å²) >= 11 is 0. The van der Waals surface area contributed by atoms with Crippen molar-refractivity contribution in [2.45, 2.75) is 52.4 Å².